The second-order valence-electron chi connectivity index (χ2n) is 4.71. The molecular weight excluding hydrogens is 273 g/mol. The van der Waals surface area contributed by atoms with Crippen LogP contribution in [0.1, 0.15) is 40.4 Å². The van der Waals surface area contributed by atoms with Crippen LogP contribution in [-0.2, 0) is 4.74 Å². The molecule has 0 fully saturated rings. The van der Waals surface area contributed by atoms with E-state index in [4.69, 9.17) is 4.42 Å². The van der Waals surface area contributed by atoms with Crippen molar-refractivity contribution in [1.29, 1.82) is 0 Å². The molecule has 112 valence electrons. The Balaban J connectivity index is 2.38. The smallest absolute Gasteiger partial charge is 0.373 e. The van der Waals surface area contributed by atoms with Gasteiger partial charge in [-0.3, -0.25) is 0 Å². The molecule has 1 atom stereocenters. The lowest BCUT2D eigenvalue weighted by Gasteiger charge is -2.17. The lowest BCUT2D eigenvalue weighted by molar-refractivity contribution is 0.0562. The van der Waals surface area contributed by atoms with Gasteiger partial charge in [0.05, 0.1) is 13.2 Å². The highest BCUT2D eigenvalue weighted by Crippen LogP contribution is 2.27. The van der Waals surface area contributed by atoms with Gasteiger partial charge in [-0.25, -0.2) is 9.18 Å². The van der Waals surface area contributed by atoms with Crippen molar-refractivity contribution in [2.75, 3.05) is 13.7 Å². The largest absolute Gasteiger partial charge is 0.463 e. The van der Waals surface area contributed by atoms with Crippen molar-refractivity contribution < 1.29 is 18.3 Å². The number of ether oxygens (including phenoxy) is 1. The number of halogens is 1. The Hall–Kier alpha value is -2.14. The summed E-state index contributed by atoms with van der Waals surface area (Å²) in [5.41, 5.74) is 1.33. The molecule has 21 heavy (non-hydrogen) atoms. The Bertz CT molecular complexity index is 636. The van der Waals surface area contributed by atoms with Crippen LogP contribution >= 0.6 is 0 Å². The number of methoxy groups -OCH3 is 1. The van der Waals surface area contributed by atoms with E-state index in [1.165, 1.54) is 19.2 Å². The normalized spacial score (nSPS) is 12.2. The topological polar surface area (TPSA) is 51.5 Å². The highest BCUT2D eigenvalue weighted by molar-refractivity contribution is 5.86. The van der Waals surface area contributed by atoms with Gasteiger partial charge < -0.3 is 14.5 Å². The Morgan fingerprint density at radius 1 is 1.38 bits per heavy atom. The molecule has 1 heterocycles. The molecule has 0 bridgehead atoms. The van der Waals surface area contributed by atoms with E-state index >= 15 is 0 Å². The first-order valence-corrected chi connectivity index (χ1v) is 6.74. The van der Waals surface area contributed by atoms with Crippen LogP contribution in [0.2, 0.25) is 0 Å². The third kappa shape index (κ3) is 3.31. The second-order valence-corrected chi connectivity index (χ2v) is 4.71. The van der Waals surface area contributed by atoms with Crippen LogP contribution in [0.25, 0.3) is 0 Å². The SMILES string of the molecule is CCNC(c1ccc(C(=O)OC)o1)c1ccc(C)cc1F. The summed E-state index contributed by atoms with van der Waals surface area (Å²) in [4.78, 5) is 11.4. The average Bonchev–Trinajstić information content (AvgIpc) is 2.94. The fourth-order valence-corrected chi connectivity index (χ4v) is 2.15. The molecule has 0 aliphatic heterocycles. The lowest BCUT2D eigenvalue weighted by Crippen LogP contribution is -2.22. The Morgan fingerprint density at radius 3 is 2.76 bits per heavy atom. The van der Waals surface area contributed by atoms with Gasteiger partial charge in [0.15, 0.2) is 0 Å². The summed E-state index contributed by atoms with van der Waals surface area (Å²) in [6.07, 6.45) is 0. The van der Waals surface area contributed by atoms with Gasteiger partial charge in [0.25, 0.3) is 0 Å². The zero-order valence-electron chi connectivity index (χ0n) is 12.3. The zero-order chi connectivity index (χ0) is 15.4. The first-order valence-electron chi connectivity index (χ1n) is 6.74. The molecule has 2 rings (SSSR count). The summed E-state index contributed by atoms with van der Waals surface area (Å²) in [7, 11) is 1.28. The van der Waals surface area contributed by atoms with Crippen LogP contribution in [0.15, 0.2) is 34.7 Å². The van der Waals surface area contributed by atoms with Gasteiger partial charge >= 0.3 is 5.97 Å². The van der Waals surface area contributed by atoms with E-state index in [2.05, 4.69) is 10.1 Å². The maximum absolute atomic E-state index is 14.2. The summed E-state index contributed by atoms with van der Waals surface area (Å²) >= 11 is 0. The highest BCUT2D eigenvalue weighted by atomic mass is 19.1. The van der Waals surface area contributed by atoms with Crippen molar-refractivity contribution in [2.24, 2.45) is 0 Å². The number of benzene rings is 1. The number of rotatable bonds is 5. The first-order chi connectivity index (χ1) is 10.1. The minimum atomic E-state index is -0.555. The molecule has 1 unspecified atom stereocenters. The quantitative estimate of drug-likeness (QED) is 0.859. The minimum absolute atomic E-state index is 0.0999. The van der Waals surface area contributed by atoms with Gasteiger partial charge in [-0.1, -0.05) is 19.1 Å². The monoisotopic (exact) mass is 291 g/mol. The number of nitrogens with one attached hydrogen (secondary N) is 1. The van der Waals surface area contributed by atoms with Crippen molar-refractivity contribution in [3.8, 4) is 0 Å². The molecular formula is C16H18FNO3. The predicted octanol–water partition coefficient (Wildman–Crippen LogP) is 3.21. The molecule has 1 aromatic carbocycles. The molecule has 2 aromatic rings. The fourth-order valence-electron chi connectivity index (χ4n) is 2.15. The standard InChI is InChI=1S/C16H18FNO3/c1-4-18-15(11-6-5-10(2)9-12(11)17)13-7-8-14(21-13)16(19)20-3/h5-9,15,18H,4H2,1-3H3. The number of hydrogen-bond acceptors (Lipinski definition) is 4. The van der Waals surface area contributed by atoms with Gasteiger partial charge in [-0.15, -0.1) is 0 Å². The molecule has 4 nitrogen and oxygen atoms in total. The third-order valence-corrected chi connectivity index (χ3v) is 3.17. The van der Waals surface area contributed by atoms with Crippen LogP contribution in [0.3, 0.4) is 0 Å². The van der Waals surface area contributed by atoms with Gasteiger partial charge in [0.1, 0.15) is 11.6 Å². The maximum atomic E-state index is 14.2. The number of carbonyl (C=O) groups is 1. The van der Waals surface area contributed by atoms with E-state index in [1.807, 2.05) is 19.9 Å². The van der Waals surface area contributed by atoms with Crippen LogP contribution in [0.4, 0.5) is 4.39 Å². The molecule has 0 aliphatic carbocycles. The fraction of sp³-hybridized carbons (Fsp3) is 0.312. The molecule has 0 saturated carbocycles. The average molecular weight is 291 g/mol. The maximum Gasteiger partial charge on any atom is 0.373 e. The van der Waals surface area contributed by atoms with Crippen molar-refractivity contribution in [3.63, 3.8) is 0 Å². The highest BCUT2D eigenvalue weighted by Gasteiger charge is 2.22. The van der Waals surface area contributed by atoms with Crippen molar-refractivity contribution in [3.05, 3.63) is 58.8 Å². The summed E-state index contributed by atoms with van der Waals surface area (Å²) in [6.45, 7) is 4.38. The molecule has 0 amide bonds. The summed E-state index contributed by atoms with van der Waals surface area (Å²) < 4.78 is 24.3. The number of esters is 1. The van der Waals surface area contributed by atoms with E-state index in [1.54, 1.807) is 12.1 Å². The van der Waals surface area contributed by atoms with Crippen LogP contribution in [0, 0.1) is 12.7 Å². The van der Waals surface area contributed by atoms with Crippen molar-refractivity contribution in [2.45, 2.75) is 19.9 Å². The van der Waals surface area contributed by atoms with Crippen LogP contribution in [0.5, 0.6) is 0 Å². The third-order valence-electron chi connectivity index (χ3n) is 3.17. The van der Waals surface area contributed by atoms with Crippen molar-refractivity contribution in [1.82, 2.24) is 5.32 Å². The molecule has 0 saturated heterocycles. The van der Waals surface area contributed by atoms with E-state index in [0.717, 1.165) is 5.56 Å². The second kappa shape index (κ2) is 6.54. The number of carbonyl (C=O) groups excluding carboxylic acids is 1. The van der Waals surface area contributed by atoms with E-state index < -0.39 is 12.0 Å². The molecule has 0 aliphatic rings. The molecule has 1 aromatic heterocycles. The summed E-state index contributed by atoms with van der Waals surface area (Å²) in [6, 6.07) is 7.76. The molecule has 0 radical (unpaired) electrons. The molecule has 5 heteroatoms. The first kappa shape index (κ1) is 15.3. The van der Waals surface area contributed by atoms with Crippen LogP contribution in [-0.4, -0.2) is 19.6 Å². The summed E-state index contributed by atoms with van der Waals surface area (Å²) in [5.74, 6) is -0.291. The number of hydrogen-bond donors (Lipinski definition) is 1. The van der Waals surface area contributed by atoms with Gasteiger partial charge in [-0.05, 0) is 37.2 Å². The van der Waals surface area contributed by atoms with Gasteiger partial charge in [0, 0.05) is 5.56 Å². The van der Waals surface area contributed by atoms with Crippen LogP contribution < -0.4 is 5.32 Å². The zero-order valence-corrected chi connectivity index (χ0v) is 12.3. The van der Waals surface area contributed by atoms with E-state index in [-0.39, 0.29) is 11.6 Å². The van der Waals surface area contributed by atoms with E-state index in [9.17, 15) is 9.18 Å². The lowest BCUT2D eigenvalue weighted by atomic mass is 10.0. The Kier molecular flexibility index (Phi) is 4.75. The molecule has 0 spiro atoms. The summed E-state index contributed by atoms with van der Waals surface area (Å²) in [5, 5.41) is 3.16. The van der Waals surface area contributed by atoms with E-state index in [0.29, 0.717) is 17.9 Å². The Morgan fingerprint density at radius 2 is 2.14 bits per heavy atom. The molecule has 1 N–H and O–H groups in total. The Labute approximate surface area is 122 Å². The minimum Gasteiger partial charge on any atom is -0.463 e. The van der Waals surface area contributed by atoms with Gasteiger partial charge in [0.2, 0.25) is 5.76 Å². The number of aryl methyl sites for hydroxylation is 1. The number of furan rings is 1. The van der Waals surface area contributed by atoms with Crippen molar-refractivity contribution >= 4 is 5.97 Å². The van der Waals surface area contributed by atoms with Gasteiger partial charge in [-0.2, -0.15) is 0 Å². The predicted molar refractivity (Wildman–Crippen MR) is 76.7 cm³/mol.